The molecule has 1 nitrogen and oxygen atoms in total. The van der Waals surface area contributed by atoms with E-state index in [4.69, 9.17) is 11.6 Å². The number of aryl methyl sites for hydroxylation is 2. The Hall–Kier alpha value is -0.990. The highest BCUT2D eigenvalue weighted by atomic mass is 79.9. The zero-order chi connectivity index (χ0) is 13.1. The standard InChI is InChI=1S/C15H15BrClN/c1-10-5-11(2)7-14(6-10)18-9-12-3-4-13(16)8-15(12)17/h3-8,18H,9H2,1-2H3. The highest BCUT2D eigenvalue weighted by Gasteiger charge is 2.01. The smallest absolute Gasteiger partial charge is 0.0467 e. The van der Waals surface area contributed by atoms with E-state index < -0.39 is 0 Å². The van der Waals surface area contributed by atoms with Gasteiger partial charge in [-0.25, -0.2) is 0 Å². The largest absolute Gasteiger partial charge is 0.381 e. The van der Waals surface area contributed by atoms with Crippen molar-refractivity contribution in [3.63, 3.8) is 0 Å². The zero-order valence-electron chi connectivity index (χ0n) is 10.4. The Morgan fingerprint density at radius 3 is 2.33 bits per heavy atom. The molecule has 0 unspecified atom stereocenters. The van der Waals surface area contributed by atoms with E-state index in [0.717, 1.165) is 27.3 Å². The van der Waals surface area contributed by atoms with Gasteiger partial charge in [-0.3, -0.25) is 0 Å². The molecule has 2 aromatic rings. The molecule has 0 bridgehead atoms. The maximum Gasteiger partial charge on any atom is 0.0467 e. The molecule has 2 rings (SSSR count). The lowest BCUT2D eigenvalue weighted by Crippen LogP contribution is -2.00. The predicted octanol–water partition coefficient (Wildman–Crippen LogP) is 5.33. The lowest BCUT2D eigenvalue weighted by molar-refractivity contribution is 1.14. The van der Waals surface area contributed by atoms with Crippen molar-refractivity contribution in [2.75, 3.05) is 5.32 Å². The van der Waals surface area contributed by atoms with Gasteiger partial charge in [0.05, 0.1) is 0 Å². The quantitative estimate of drug-likeness (QED) is 0.804. The molecule has 18 heavy (non-hydrogen) atoms. The van der Waals surface area contributed by atoms with Gasteiger partial charge in [0.15, 0.2) is 0 Å². The van der Waals surface area contributed by atoms with Crippen molar-refractivity contribution < 1.29 is 0 Å². The van der Waals surface area contributed by atoms with E-state index in [1.165, 1.54) is 11.1 Å². The third-order valence-electron chi connectivity index (χ3n) is 2.72. The van der Waals surface area contributed by atoms with E-state index in [0.29, 0.717) is 0 Å². The summed E-state index contributed by atoms with van der Waals surface area (Å²) in [6.07, 6.45) is 0. The topological polar surface area (TPSA) is 12.0 Å². The van der Waals surface area contributed by atoms with Crippen molar-refractivity contribution in [2.24, 2.45) is 0 Å². The van der Waals surface area contributed by atoms with Crippen molar-refractivity contribution >= 4 is 33.2 Å². The molecule has 0 spiro atoms. The van der Waals surface area contributed by atoms with E-state index >= 15 is 0 Å². The van der Waals surface area contributed by atoms with Crippen LogP contribution in [-0.2, 0) is 6.54 Å². The molecule has 0 fully saturated rings. The van der Waals surface area contributed by atoms with Gasteiger partial charge >= 0.3 is 0 Å². The number of rotatable bonds is 3. The third-order valence-corrected chi connectivity index (χ3v) is 3.56. The minimum atomic E-state index is 0.731. The van der Waals surface area contributed by atoms with Crippen molar-refractivity contribution in [1.82, 2.24) is 0 Å². The second kappa shape index (κ2) is 5.77. The molecular formula is C15H15BrClN. The summed E-state index contributed by atoms with van der Waals surface area (Å²) in [5.74, 6) is 0. The summed E-state index contributed by atoms with van der Waals surface area (Å²) in [6.45, 7) is 4.94. The number of nitrogens with one attached hydrogen (secondary N) is 1. The van der Waals surface area contributed by atoms with Gasteiger partial charge in [-0.1, -0.05) is 39.7 Å². The molecule has 0 aliphatic carbocycles. The zero-order valence-corrected chi connectivity index (χ0v) is 12.8. The summed E-state index contributed by atoms with van der Waals surface area (Å²) >= 11 is 9.59. The van der Waals surface area contributed by atoms with Crippen LogP contribution in [0.2, 0.25) is 5.02 Å². The number of hydrogen-bond acceptors (Lipinski definition) is 1. The molecule has 0 saturated carbocycles. The molecule has 0 amide bonds. The van der Waals surface area contributed by atoms with Crippen molar-refractivity contribution in [1.29, 1.82) is 0 Å². The molecule has 0 atom stereocenters. The summed E-state index contributed by atoms with van der Waals surface area (Å²) in [6, 6.07) is 12.4. The van der Waals surface area contributed by atoms with Gasteiger partial charge in [0.25, 0.3) is 0 Å². The van der Waals surface area contributed by atoms with Gasteiger partial charge in [0.2, 0.25) is 0 Å². The van der Waals surface area contributed by atoms with Gasteiger partial charge in [0.1, 0.15) is 0 Å². The third kappa shape index (κ3) is 3.50. The second-order valence-electron chi connectivity index (χ2n) is 4.47. The van der Waals surface area contributed by atoms with E-state index in [9.17, 15) is 0 Å². The van der Waals surface area contributed by atoms with Gasteiger partial charge in [-0.05, 0) is 54.8 Å². The maximum absolute atomic E-state index is 6.19. The maximum atomic E-state index is 6.19. The SMILES string of the molecule is Cc1cc(C)cc(NCc2ccc(Br)cc2Cl)c1. The summed E-state index contributed by atoms with van der Waals surface area (Å²) in [4.78, 5) is 0. The summed E-state index contributed by atoms with van der Waals surface area (Å²) in [5, 5.41) is 4.18. The lowest BCUT2D eigenvalue weighted by atomic mass is 10.1. The molecule has 3 heteroatoms. The summed E-state index contributed by atoms with van der Waals surface area (Å²) in [7, 11) is 0. The minimum absolute atomic E-state index is 0.731. The highest BCUT2D eigenvalue weighted by Crippen LogP contribution is 2.22. The van der Waals surface area contributed by atoms with E-state index in [1.54, 1.807) is 0 Å². The first-order valence-electron chi connectivity index (χ1n) is 5.81. The Balaban J connectivity index is 2.11. The Morgan fingerprint density at radius 1 is 1.06 bits per heavy atom. The number of anilines is 1. The number of halogens is 2. The van der Waals surface area contributed by atoms with Crippen LogP contribution in [0.1, 0.15) is 16.7 Å². The molecule has 0 aromatic heterocycles. The Morgan fingerprint density at radius 2 is 1.72 bits per heavy atom. The Labute approximate surface area is 121 Å². The summed E-state index contributed by atoms with van der Waals surface area (Å²) < 4.78 is 1.00. The van der Waals surface area contributed by atoms with Gasteiger partial charge in [-0.15, -0.1) is 0 Å². The van der Waals surface area contributed by atoms with Crippen LogP contribution in [0.15, 0.2) is 40.9 Å². The van der Waals surface area contributed by atoms with Crippen LogP contribution in [0.5, 0.6) is 0 Å². The van der Waals surface area contributed by atoms with Crippen LogP contribution < -0.4 is 5.32 Å². The van der Waals surface area contributed by atoms with E-state index in [1.807, 2.05) is 18.2 Å². The van der Waals surface area contributed by atoms with E-state index in [-0.39, 0.29) is 0 Å². The molecule has 0 aliphatic rings. The van der Waals surface area contributed by atoms with Crippen molar-refractivity contribution in [2.45, 2.75) is 20.4 Å². The molecule has 0 aliphatic heterocycles. The Kier molecular flexibility index (Phi) is 4.31. The first-order valence-corrected chi connectivity index (χ1v) is 6.98. The Bertz CT molecular complexity index is 546. The molecule has 0 heterocycles. The van der Waals surface area contributed by atoms with Crippen LogP contribution >= 0.6 is 27.5 Å². The minimum Gasteiger partial charge on any atom is -0.381 e. The van der Waals surface area contributed by atoms with Crippen molar-refractivity contribution in [3.05, 3.63) is 62.6 Å². The van der Waals surface area contributed by atoms with Crippen LogP contribution in [0.25, 0.3) is 0 Å². The monoisotopic (exact) mass is 323 g/mol. The molecule has 2 aromatic carbocycles. The molecule has 1 N–H and O–H groups in total. The number of hydrogen-bond donors (Lipinski definition) is 1. The second-order valence-corrected chi connectivity index (χ2v) is 5.79. The first-order chi connectivity index (χ1) is 8.54. The van der Waals surface area contributed by atoms with Gasteiger partial charge in [0, 0.05) is 21.7 Å². The van der Waals surface area contributed by atoms with Crippen LogP contribution in [0.3, 0.4) is 0 Å². The number of benzene rings is 2. The average molecular weight is 325 g/mol. The molecule has 0 saturated heterocycles. The summed E-state index contributed by atoms with van der Waals surface area (Å²) in [5.41, 5.74) is 4.75. The van der Waals surface area contributed by atoms with E-state index in [2.05, 4.69) is 53.3 Å². The van der Waals surface area contributed by atoms with Crippen molar-refractivity contribution in [3.8, 4) is 0 Å². The fourth-order valence-electron chi connectivity index (χ4n) is 1.94. The van der Waals surface area contributed by atoms with Crippen LogP contribution in [-0.4, -0.2) is 0 Å². The highest BCUT2D eigenvalue weighted by molar-refractivity contribution is 9.10. The van der Waals surface area contributed by atoms with Gasteiger partial charge in [-0.2, -0.15) is 0 Å². The van der Waals surface area contributed by atoms with Gasteiger partial charge < -0.3 is 5.32 Å². The molecular weight excluding hydrogens is 310 g/mol. The first kappa shape index (κ1) is 13.4. The molecule has 94 valence electrons. The molecule has 0 radical (unpaired) electrons. The van der Waals surface area contributed by atoms with Crippen LogP contribution in [0, 0.1) is 13.8 Å². The fraction of sp³-hybridized carbons (Fsp3) is 0.200. The normalized spacial score (nSPS) is 10.4. The van der Waals surface area contributed by atoms with Crippen LogP contribution in [0.4, 0.5) is 5.69 Å². The lowest BCUT2D eigenvalue weighted by Gasteiger charge is -2.10. The predicted molar refractivity (Wildman–Crippen MR) is 82.4 cm³/mol. The average Bonchev–Trinajstić information content (AvgIpc) is 2.26. The fourth-order valence-corrected chi connectivity index (χ4v) is 2.68.